The van der Waals surface area contributed by atoms with Gasteiger partial charge in [-0.05, 0) is 83.5 Å². The Morgan fingerprint density at radius 1 is 0.318 bits per heavy atom. The summed E-state index contributed by atoms with van der Waals surface area (Å²) < 4.78 is 16.8. The van der Waals surface area contributed by atoms with Crippen molar-refractivity contribution >= 4 is 17.9 Å². The van der Waals surface area contributed by atoms with E-state index in [1.165, 1.54) is 154 Å². The van der Waals surface area contributed by atoms with Gasteiger partial charge in [-0.25, -0.2) is 0 Å². The average Bonchev–Trinajstić information content (AvgIpc) is 3.31. The lowest BCUT2D eigenvalue weighted by atomic mass is 10.0. The predicted octanol–water partition coefficient (Wildman–Crippen LogP) is 18.8. The molecule has 6 nitrogen and oxygen atoms in total. The third-order valence-corrected chi connectivity index (χ3v) is 12.3. The molecule has 0 amide bonds. The highest BCUT2D eigenvalue weighted by molar-refractivity contribution is 5.71. The average molecular weight is 924 g/mol. The quantitative estimate of drug-likeness (QED) is 0.0262. The van der Waals surface area contributed by atoms with Gasteiger partial charge in [0.1, 0.15) is 13.2 Å². The summed E-state index contributed by atoms with van der Waals surface area (Å²) in [6.45, 7) is 6.49. The minimum Gasteiger partial charge on any atom is -0.462 e. The summed E-state index contributed by atoms with van der Waals surface area (Å²) in [5.41, 5.74) is 0. The van der Waals surface area contributed by atoms with Crippen LogP contribution in [0.5, 0.6) is 0 Å². The highest BCUT2D eigenvalue weighted by Gasteiger charge is 2.19. The third kappa shape index (κ3) is 52.1. The van der Waals surface area contributed by atoms with Crippen molar-refractivity contribution < 1.29 is 28.6 Å². The molecule has 0 rings (SSSR count). The van der Waals surface area contributed by atoms with E-state index >= 15 is 0 Å². The van der Waals surface area contributed by atoms with Crippen molar-refractivity contribution in [1.29, 1.82) is 0 Å². The zero-order valence-corrected chi connectivity index (χ0v) is 43.7. The fourth-order valence-corrected chi connectivity index (χ4v) is 8.02. The maximum absolute atomic E-state index is 12.8. The van der Waals surface area contributed by atoms with Gasteiger partial charge in [-0.1, -0.05) is 242 Å². The van der Waals surface area contributed by atoms with E-state index in [0.717, 1.165) is 89.9 Å². The van der Waals surface area contributed by atoms with E-state index in [2.05, 4.69) is 81.5 Å². The van der Waals surface area contributed by atoms with Crippen molar-refractivity contribution in [1.82, 2.24) is 0 Å². The first kappa shape index (κ1) is 63.1. The molecule has 0 radical (unpaired) electrons. The minimum atomic E-state index is -0.792. The van der Waals surface area contributed by atoms with Crippen molar-refractivity contribution in [3.8, 4) is 0 Å². The van der Waals surface area contributed by atoms with Gasteiger partial charge in [-0.3, -0.25) is 14.4 Å². The highest BCUT2D eigenvalue weighted by Crippen LogP contribution is 2.16. The predicted molar refractivity (Wildman–Crippen MR) is 284 cm³/mol. The van der Waals surface area contributed by atoms with E-state index in [4.69, 9.17) is 14.2 Å². The number of allylic oxidation sites excluding steroid dienone is 10. The van der Waals surface area contributed by atoms with Crippen molar-refractivity contribution in [2.45, 2.75) is 290 Å². The molecule has 382 valence electrons. The topological polar surface area (TPSA) is 78.9 Å². The van der Waals surface area contributed by atoms with Gasteiger partial charge in [0.15, 0.2) is 6.10 Å². The molecule has 0 heterocycles. The number of ether oxygens (including phenoxy) is 3. The summed E-state index contributed by atoms with van der Waals surface area (Å²) in [6.07, 6.45) is 67.9. The van der Waals surface area contributed by atoms with Crippen molar-refractivity contribution in [3.63, 3.8) is 0 Å². The Bertz CT molecular complexity index is 1200. The molecule has 0 fully saturated rings. The second kappa shape index (κ2) is 54.7. The Morgan fingerprint density at radius 2 is 0.591 bits per heavy atom. The number of hydrogen-bond acceptors (Lipinski definition) is 6. The molecular formula is C60H106O6. The van der Waals surface area contributed by atoms with Crippen LogP contribution in [0.4, 0.5) is 0 Å². The molecule has 0 aliphatic carbocycles. The van der Waals surface area contributed by atoms with Gasteiger partial charge in [0.05, 0.1) is 0 Å². The Morgan fingerprint density at radius 3 is 0.985 bits per heavy atom. The van der Waals surface area contributed by atoms with Gasteiger partial charge in [0.2, 0.25) is 0 Å². The summed E-state index contributed by atoms with van der Waals surface area (Å²) in [4.78, 5) is 38.1. The molecule has 0 bridgehead atoms. The fraction of sp³-hybridized carbons (Fsp3) is 0.783. The van der Waals surface area contributed by atoms with Gasteiger partial charge >= 0.3 is 17.9 Å². The van der Waals surface area contributed by atoms with Crippen LogP contribution in [0.2, 0.25) is 0 Å². The monoisotopic (exact) mass is 923 g/mol. The number of hydrogen-bond donors (Lipinski definition) is 0. The van der Waals surface area contributed by atoms with Crippen LogP contribution >= 0.6 is 0 Å². The molecule has 0 aliphatic heterocycles. The number of carbonyl (C=O) groups excluding carboxylic acids is 3. The molecule has 0 aromatic heterocycles. The Kier molecular flexibility index (Phi) is 52.3. The molecule has 1 unspecified atom stereocenters. The second-order valence-corrected chi connectivity index (χ2v) is 18.8. The molecular weight excluding hydrogens is 817 g/mol. The van der Waals surface area contributed by atoms with Crippen LogP contribution in [0.15, 0.2) is 60.8 Å². The minimum absolute atomic E-state index is 0.0873. The lowest BCUT2D eigenvalue weighted by Crippen LogP contribution is -2.30. The summed E-state index contributed by atoms with van der Waals surface area (Å²) in [5.74, 6) is -0.926. The number of rotatable bonds is 51. The van der Waals surface area contributed by atoms with Crippen molar-refractivity contribution in [3.05, 3.63) is 60.8 Å². The molecule has 0 aliphatic rings. The van der Waals surface area contributed by atoms with Crippen LogP contribution < -0.4 is 0 Å². The molecule has 0 aromatic carbocycles. The van der Waals surface area contributed by atoms with Crippen molar-refractivity contribution in [2.24, 2.45) is 0 Å². The van der Waals surface area contributed by atoms with E-state index in [1.54, 1.807) is 0 Å². The Hall–Kier alpha value is -2.89. The molecule has 6 heteroatoms. The fourth-order valence-electron chi connectivity index (χ4n) is 8.02. The number of unbranched alkanes of at least 4 members (excludes halogenated alkanes) is 30. The lowest BCUT2D eigenvalue weighted by molar-refractivity contribution is -0.167. The Labute approximate surface area is 409 Å². The largest absolute Gasteiger partial charge is 0.462 e. The molecule has 1 atom stereocenters. The molecule has 0 saturated heterocycles. The van der Waals surface area contributed by atoms with Gasteiger partial charge in [0.25, 0.3) is 0 Å². The zero-order valence-electron chi connectivity index (χ0n) is 43.7. The summed E-state index contributed by atoms with van der Waals surface area (Å²) in [6, 6.07) is 0. The van der Waals surface area contributed by atoms with E-state index in [0.29, 0.717) is 19.3 Å². The van der Waals surface area contributed by atoms with Crippen LogP contribution in [0.3, 0.4) is 0 Å². The maximum Gasteiger partial charge on any atom is 0.306 e. The van der Waals surface area contributed by atoms with Crippen LogP contribution in [0.1, 0.15) is 284 Å². The SMILES string of the molecule is CC/C=C\C/C=C\C/C=C\CCCCC(=O)OCC(COC(=O)CCCCCCCCCCCCCCCCCCCCC)OC(=O)CCCCCCCCC/C=C\C/C=C\CCCCC. The highest BCUT2D eigenvalue weighted by atomic mass is 16.6. The van der Waals surface area contributed by atoms with E-state index in [-0.39, 0.29) is 31.1 Å². The first-order valence-electron chi connectivity index (χ1n) is 28.3. The molecule has 0 N–H and O–H groups in total. The Balaban J connectivity index is 4.36. The zero-order chi connectivity index (χ0) is 47.9. The van der Waals surface area contributed by atoms with E-state index in [9.17, 15) is 14.4 Å². The smallest absolute Gasteiger partial charge is 0.306 e. The van der Waals surface area contributed by atoms with Crippen molar-refractivity contribution in [2.75, 3.05) is 13.2 Å². The summed E-state index contributed by atoms with van der Waals surface area (Å²) in [5, 5.41) is 0. The van der Waals surface area contributed by atoms with E-state index in [1.807, 2.05) is 0 Å². The maximum atomic E-state index is 12.8. The van der Waals surface area contributed by atoms with Crippen LogP contribution in [-0.2, 0) is 28.6 Å². The first-order valence-corrected chi connectivity index (χ1v) is 28.3. The van der Waals surface area contributed by atoms with Gasteiger partial charge in [-0.2, -0.15) is 0 Å². The van der Waals surface area contributed by atoms with Gasteiger partial charge in [0, 0.05) is 19.3 Å². The molecule has 0 aromatic rings. The lowest BCUT2D eigenvalue weighted by Gasteiger charge is -2.18. The molecule has 66 heavy (non-hydrogen) atoms. The normalized spacial score (nSPS) is 12.5. The number of esters is 3. The second-order valence-electron chi connectivity index (χ2n) is 18.8. The first-order chi connectivity index (χ1) is 32.5. The summed E-state index contributed by atoms with van der Waals surface area (Å²) >= 11 is 0. The van der Waals surface area contributed by atoms with E-state index < -0.39 is 6.10 Å². The molecule has 0 spiro atoms. The molecule has 0 saturated carbocycles. The van der Waals surface area contributed by atoms with Gasteiger partial charge < -0.3 is 14.2 Å². The third-order valence-electron chi connectivity index (χ3n) is 12.3. The van der Waals surface area contributed by atoms with Crippen LogP contribution in [0, 0.1) is 0 Å². The summed E-state index contributed by atoms with van der Waals surface area (Å²) in [7, 11) is 0. The van der Waals surface area contributed by atoms with Gasteiger partial charge in [-0.15, -0.1) is 0 Å². The number of carbonyl (C=O) groups is 3. The standard InChI is InChI=1S/C60H106O6/c1-4-7-10-13-16-19-22-25-27-29-30-32-33-35-38-41-44-47-50-53-59(62)65-56-57(55-64-58(61)52-49-46-43-40-37-24-21-18-15-12-9-6-3)66-60(63)54-51-48-45-42-39-36-34-31-28-26-23-20-17-14-11-8-5-2/h9,12,17-18,20-21,26,28,37,40,57H,4-8,10-11,13-16,19,22-25,27,29-36,38-39,41-56H2,1-3H3/b12-9-,20-17-,21-18-,28-26-,40-37-. The van der Waals surface area contributed by atoms with Crippen LogP contribution in [0.25, 0.3) is 0 Å². The van der Waals surface area contributed by atoms with Crippen LogP contribution in [-0.4, -0.2) is 37.2 Å².